The molecule has 14 heavy (non-hydrogen) atoms. The Kier molecular flexibility index (Phi) is 2.28. The molecule has 76 valence electrons. The Morgan fingerprint density at radius 3 is 3.14 bits per heavy atom. The van der Waals surface area contributed by atoms with Gasteiger partial charge in [0.15, 0.2) is 5.13 Å². The molecule has 1 saturated heterocycles. The summed E-state index contributed by atoms with van der Waals surface area (Å²) in [6.45, 7) is 0.595. The first-order valence-corrected chi connectivity index (χ1v) is 5.27. The van der Waals surface area contributed by atoms with E-state index in [0.29, 0.717) is 11.7 Å². The highest BCUT2D eigenvalue weighted by atomic mass is 32.1. The molecule has 1 aromatic rings. The number of rotatable bonds is 1. The summed E-state index contributed by atoms with van der Waals surface area (Å²) in [4.78, 5) is 16.4. The zero-order chi connectivity index (χ0) is 10.1. The minimum absolute atomic E-state index is 0.0963. The van der Waals surface area contributed by atoms with Crippen LogP contribution in [0.15, 0.2) is 5.38 Å². The molecular formula is C8H11N3O2S. The summed E-state index contributed by atoms with van der Waals surface area (Å²) in [7, 11) is 0. The van der Waals surface area contributed by atoms with Crippen molar-refractivity contribution in [3.05, 3.63) is 11.1 Å². The molecule has 1 amide bonds. The van der Waals surface area contributed by atoms with Crippen molar-refractivity contribution in [2.45, 2.75) is 18.9 Å². The average molecular weight is 213 g/mol. The number of carbonyl (C=O) groups is 1. The van der Waals surface area contributed by atoms with E-state index in [1.54, 1.807) is 0 Å². The highest BCUT2D eigenvalue weighted by Gasteiger charge is 2.31. The van der Waals surface area contributed by atoms with E-state index in [1.807, 2.05) is 5.38 Å². The van der Waals surface area contributed by atoms with Crippen LogP contribution in [-0.2, 0) is 0 Å². The fourth-order valence-electron chi connectivity index (χ4n) is 1.76. The third-order valence-corrected chi connectivity index (χ3v) is 3.07. The molecule has 1 atom stereocenters. The van der Waals surface area contributed by atoms with Gasteiger partial charge in [0.25, 0.3) is 0 Å². The molecule has 0 saturated carbocycles. The number of amides is 1. The van der Waals surface area contributed by atoms with Gasteiger partial charge in [-0.2, -0.15) is 0 Å². The van der Waals surface area contributed by atoms with Gasteiger partial charge < -0.3 is 10.8 Å². The minimum atomic E-state index is -0.876. The summed E-state index contributed by atoms with van der Waals surface area (Å²) in [5, 5.41) is 11.3. The van der Waals surface area contributed by atoms with Crippen LogP contribution in [0.5, 0.6) is 0 Å². The second-order valence-electron chi connectivity index (χ2n) is 3.24. The van der Waals surface area contributed by atoms with E-state index in [0.717, 1.165) is 18.5 Å². The van der Waals surface area contributed by atoms with E-state index in [9.17, 15) is 4.79 Å². The molecule has 0 aliphatic carbocycles. The molecule has 0 spiro atoms. The number of nitrogens with two attached hydrogens (primary N) is 1. The number of likely N-dealkylation sites (tertiary alicyclic amines) is 1. The molecule has 1 fully saturated rings. The van der Waals surface area contributed by atoms with Gasteiger partial charge >= 0.3 is 6.09 Å². The van der Waals surface area contributed by atoms with Crippen LogP contribution in [0.4, 0.5) is 9.93 Å². The molecule has 0 bridgehead atoms. The molecule has 0 radical (unpaired) electrons. The lowest BCUT2D eigenvalue weighted by atomic mass is 10.2. The number of anilines is 1. The lowest BCUT2D eigenvalue weighted by molar-refractivity contribution is 0.139. The topological polar surface area (TPSA) is 79.5 Å². The monoisotopic (exact) mass is 213 g/mol. The van der Waals surface area contributed by atoms with Crippen molar-refractivity contribution < 1.29 is 9.90 Å². The molecule has 1 aromatic heterocycles. The van der Waals surface area contributed by atoms with E-state index in [2.05, 4.69) is 4.98 Å². The second kappa shape index (κ2) is 3.45. The third-order valence-electron chi connectivity index (χ3n) is 2.38. The van der Waals surface area contributed by atoms with Gasteiger partial charge in [0.1, 0.15) is 0 Å². The van der Waals surface area contributed by atoms with E-state index in [-0.39, 0.29) is 6.04 Å². The van der Waals surface area contributed by atoms with Crippen LogP contribution in [0.2, 0.25) is 0 Å². The van der Waals surface area contributed by atoms with Crippen LogP contribution in [0.25, 0.3) is 0 Å². The van der Waals surface area contributed by atoms with Crippen LogP contribution in [0.3, 0.4) is 0 Å². The van der Waals surface area contributed by atoms with Gasteiger partial charge in [-0.15, -0.1) is 11.3 Å². The molecule has 1 aliphatic rings. The molecule has 1 aliphatic heterocycles. The van der Waals surface area contributed by atoms with Gasteiger partial charge in [0, 0.05) is 11.9 Å². The molecule has 0 aromatic carbocycles. The highest BCUT2D eigenvalue weighted by Crippen LogP contribution is 2.32. The molecule has 2 rings (SSSR count). The van der Waals surface area contributed by atoms with Crippen molar-refractivity contribution in [2.24, 2.45) is 0 Å². The predicted molar refractivity (Wildman–Crippen MR) is 53.2 cm³/mol. The maximum absolute atomic E-state index is 10.9. The quantitative estimate of drug-likeness (QED) is 0.741. The van der Waals surface area contributed by atoms with Crippen molar-refractivity contribution in [1.82, 2.24) is 9.88 Å². The first-order chi connectivity index (χ1) is 6.68. The summed E-state index contributed by atoms with van der Waals surface area (Å²) in [6, 6.07) is -0.0963. The van der Waals surface area contributed by atoms with Crippen LogP contribution in [-0.4, -0.2) is 27.6 Å². The number of carboxylic acid groups (broad SMARTS) is 1. The maximum atomic E-state index is 10.9. The maximum Gasteiger partial charge on any atom is 0.407 e. The number of thiazole rings is 1. The van der Waals surface area contributed by atoms with Crippen molar-refractivity contribution in [3.8, 4) is 0 Å². The zero-order valence-corrected chi connectivity index (χ0v) is 8.33. The summed E-state index contributed by atoms with van der Waals surface area (Å²) in [6.07, 6.45) is 0.864. The molecule has 6 heteroatoms. The number of hydrogen-bond donors (Lipinski definition) is 2. The standard InChI is InChI=1S/C8H11N3O2S/c9-7-10-5(4-14-7)6-2-1-3-11(6)8(12)13/h4,6H,1-3H2,(H2,9,10)(H,12,13). The van der Waals surface area contributed by atoms with Crippen LogP contribution in [0, 0.1) is 0 Å². The van der Waals surface area contributed by atoms with Gasteiger partial charge in [0.05, 0.1) is 11.7 Å². The summed E-state index contributed by atoms with van der Waals surface area (Å²) in [5.41, 5.74) is 6.29. The number of aromatic nitrogens is 1. The number of hydrogen-bond acceptors (Lipinski definition) is 4. The summed E-state index contributed by atoms with van der Waals surface area (Å²) >= 11 is 1.35. The van der Waals surface area contributed by atoms with Crippen LogP contribution < -0.4 is 5.73 Å². The minimum Gasteiger partial charge on any atom is -0.465 e. The second-order valence-corrected chi connectivity index (χ2v) is 4.13. The van der Waals surface area contributed by atoms with E-state index < -0.39 is 6.09 Å². The fourth-order valence-corrected chi connectivity index (χ4v) is 2.37. The van der Waals surface area contributed by atoms with Crippen LogP contribution in [0.1, 0.15) is 24.6 Å². The van der Waals surface area contributed by atoms with Crippen molar-refractivity contribution in [3.63, 3.8) is 0 Å². The van der Waals surface area contributed by atoms with Gasteiger partial charge in [-0.1, -0.05) is 0 Å². The number of nitrogen functional groups attached to an aromatic ring is 1. The van der Waals surface area contributed by atoms with Gasteiger partial charge in [-0.3, -0.25) is 4.90 Å². The Bertz CT molecular complexity index is 352. The smallest absolute Gasteiger partial charge is 0.407 e. The van der Waals surface area contributed by atoms with E-state index >= 15 is 0 Å². The first kappa shape index (κ1) is 9.26. The first-order valence-electron chi connectivity index (χ1n) is 4.39. The highest BCUT2D eigenvalue weighted by molar-refractivity contribution is 7.13. The summed E-state index contributed by atoms with van der Waals surface area (Å²) < 4.78 is 0. The molecule has 5 nitrogen and oxygen atoms in total. The molecule has 3 N–H and O–H groups in total. The van der Waals surface area contributed by atoms with Gasteiger partial charge in [-0.05, 0) is 12.8 Å². The Morgan fingerprint density at radius 2 is 2.57 bits per heavy atom. The summed E-state index contributed by atoms with van der Waals surface area (Å²) in [5.74, 6) is 0. The Hall–Kier alpha value is -1.30. The lowest BCUT2D eigenvalue weighted by Crippen LogP contribution is -2.28. The largest absolute Gasteiger partial charge is 0.465 e. The normalized spacial score (nSPS) is 21.4. The third kappa shape index (κ3) is 1.52. The Balaban J connectivity index is 2.21. The predicted octanol–water partition coefficient (Wildman–Crippen LogP) is 1.54. The molecular weight excluding hydrogens is 202 g/mol. The van der Waals surface area contributed by atoms with Crippen LogP contribution >= 0.6 is 11.3 Å². The zero-order valence-electron chi connectivity index (χ0n) is 7.51. The van der Waals surface area contributed by atoms with Gasteiger partial charge in [-0.25, -0.2) is 9.78 Å². The average Bonchev–Trinajstić information content (AvgIpc) is 2.70. The lowest BCUT2D eigenvalue weighted by Gasteiger charge is -2.19. The fraction of sp³-hybridized carbons (Fsp3) is 0.500. The number of nitrogens with zero attached hydrogens (tertiary/aromatic N) is 2. The SMILES string of the molecule is Nc1nc(C2CCCN2C(=O)O)cs1. The van der Waals surface area contributed by atoms with Crippen molar-refractivity contribution in [2.75, 3.05) is 12.3 Å². The van der Waals surface area contributed by atoms with Crippen molar-refractivity contribution >= 4 is 22.6 Å². The van der Waals surface area contributed by atoms with E-state index in [4.69, 9.17) is 10.8 Å². The molecule has 2 heterocycles. The molecule has 1 unspecified atom stereocenters. The van der Waals surface area contributed by atoms with Crippen molar-refractivity contribution in [1.29, 1.82) is 0 Å². The Morgan fingerprint density at radius 1 is 1.79 bits per heavy atom. The van der Waals surface area contributed by atoms with E-state index in [1.165, 1.54) is 16.2 Å². The Labute approximate surface area is 85.2 Å². The van der Waals surface area contributed by atoms with Gasteiger partial charge in [0.2, 0.25) is 0 Å².